The number of hydrogen-bond acceptors (Lipinski definition) is 1. The maximum Gasteiger partial charge on any atom is 0.321 e. The number of nitrogens with one attached hydrogen (secondary N) is 1. The van der Waals surface area contributed by atoms with Gasteiger partial charge in [0, 0.05) is 13.2 Å². The van der Waals surface area contributed by atoms with Crippen molar-refractivity contribution in [3.05, 3.63) is 12.3 Å². The van der Waals surface area contributed by atoms with Gasteiger partial charge < -0.3 is 5.32 Å². The molecule has 0 saturated heterocycles. The second-order valence-corrected chi connectivity index (χ2v) is 5.15. The van der Waals surface area contributed by atoms with E-state index in [1.165, 1.54) is 18.7 Å². The Labute approximate surface area is 104 Å². The third-order valence-corrected chi connectivity index (χ3v) is 2.58. The van der Waals surface area contributed by atoms with Crippen LogP contribution in [0.4, 0.5) is 9.18 Å². The molecule has 0 rings (SSSR count). The molecule has 0 aromatic carbocycles. The predicted molar refractivity (Wildman–Crippen MR) is 69.5 cm³/mol. The van der Waals surface area contributed by atoms with Crippen LogP contribution in [0.3, 0.4) is 0 Å². The number of halogens is 1. The first kappa shape index (κ1) is 15.9. The van der Waals surface area contributed by atoms with E-state index in [4.69, 9.17) is 0 Å². The normalized spacial score (nSPS) is 14.1. The Morgan fingerprint density at radius 1 is 1.47 bits per heavy atom. The number of urea groups is 1. The molecule has 3 nitrogen and oxygen atoms in total. The summed E-state index contributed by atoms with van der Waals surface area (Å²) in [4.78, 5) is 13.2. The number of carbonyl (C=O) groups is 1. The van der Waals surface area contributed by atoms with Crippen molar-refractivity contribution in [2.24, 2.45) is 5.92 Å². The van der Waals surface area contributed by atoms with Gasteiger partial charge in [-0.25, -0.2) is 9.18 Å². The molecule has 4 heteroatoms. The van der Waals surface area contributed by atoms with E-state index in [2.05, 4.69) is 5.32 Å². The number of alkyl halides is 1. The van der Waals surface area contributed by atoms with E-state index in [0.717, 1.165) is 0 Å². The van der Waals surface area contributed by atoms with Crippen LogP contribution in [0, 0.1) is 5.92 Å². The quantitative estimate of drug-likeness (QED) is 0.790. The summed E-state index contributed by atoms with van der Waals surface area (Å²) >= 11 is 0. The van der Waals surface area contributed by atoms with Gasteiger partial charge >= 0.3 is 6.03 Å². The summed E-state index contributed by atoms with van der Waals surface area (Å²) in [5, 5.41) is 2.54. The predicted octanol–water partition coefficient (Wildman–Crippen LogP) is 3.32. The smallest absolute Gasteiger partial charge is 0.321 e. The molecule has 0 heterocycles. The summed E-state index contributed by atoms with van der Waals surface area (Å²) in [6, 6.07) is -0.738. The maximum atomic E-state index is 14.2. The highest BCUT2D eigenvalue weighted by molar-refractivity contribution is 5.75. The van der Waals surface area contributed by atoms with Crippen molar-refractivity contribution in [2.45, 2.75) is 52.8 Å². The van der Waals surface area contributed by atoms with Crippen LogP contribution < -0.4 is 5.32 Å². The highest BCUT2D eigenvalue weighted by Gasteiger charge is 2.35. The lowest BCUT2D eigenvalue weighted by Gasteiger charge is -2.36. The van der Waals surface area contributed by atoms with Gasteiger partial charge in [-0.05, 0) is 33.1 Å². The van der Waals surface area contributed by atoms with Crippen molar-refractivity contribution in [1.29, 1.82) is 0 Å². The monoisotopic (exact) mass is 244 g/mol. The molecule has 17 heavy (non-hydrogen) atoms. The summed E-state index contributed by atoms with van der Waals surface area (Å²) < 4.78 is 14.2. The van der Waals surface area contributed by atoms with Gasteiger partial charge in [-0.2, -0.15) is 0 Å². The fourth-order valence-corrected chi connectivity index (χ4v) is 1.77. The van der Waals surface area contributed by atoms with Crippen molar-refractivity contribution in [3.63, 3.8) is 0 Å². The maximum absolute atomic E-state index is 14.2. The zero-order chi connectivity index (χ0) is 13.6. The van der Waals surface area contributed by atoms with Crippen LogP contribution >= 0.6 is 0 Å². The minimum atomic E-state index is -1.43. The van der Waals surface area contributed by atoms with Gasteiger partial charge in [-0.1, -0.05) is 19.9 Å². The Kier molecular flexibility index (Phi) is 6.21. The molecule has 1 unspecified atom stereocenters. The number of hydrogen-bond donors (Lipinski definition) is 1. The van der Waals surface area contributed by atoms with Crippen LogP contribution in [0.5, 0.6) is 0 Å². The summed E-state index contributed by atoms with van der Waals surface area (Å²) in [5.41, 5.74) is -1.43. The lowest BCUT2D eigenvalue weighted by molar-refractivity contribution is 0.0798. The molecule has 0 aromatic rings. The van der Waals surface area contributed by atoms with E-state index in [0.29, 0.717) is 12.3 Å². The zero-order valence-electron chi connectivity index (χ0n) is 11.7. The second kappa shape index (κ2) is 6.62. The van der Waals surface area contributed by atoms with Crippen LogP contribution in [0.25, 0.3) is 0 Å². The van der Waals surface area contributed by atoms with Crippen LogP contribution in [0.2, 0.25) is 0 Å². The fraction of sp³-hybridized carbons (Fsp3) is 0.769. The van der Waals surface area contributed by atoms with E-state index in [1.54, 1.807) is 19.3 Å². The molecule has 100 valence electrons. The molecular formula is C13H25FN2O. The van der Waals surface area contributed by atoms with Gasteiger partial charge in [-0.15, -0.1) is 0 Å². The average molecular weight is 244 g/mol. The van der Waals surface area contributed by atoms with Crippen molar-refractivity contribution in [2.75, 3.05) is 7.05 Å². The first-order valence-corrected chi connectivity index (χ1v) is 6.05. The number of nitrogens with zero attached hydrogens (tertiary/aromatic N) is 1. The molecule has 0 saturated carbocycles. The van der Waals surface area contributed by atoms with Gasteiger partial charge in [0.1, 0.15) is 5.67 Å². The number of allylic oxidation sites excluding steroid dienone is 1. The summed E-state index contributed by atoms with van der Waals surface area (Å²) in [7, 11) is 1.55. The van der Waals surface area contributed by atoms with E-state index in [-0.39, 0.29) is 6.03 Å². The Balaban J connectivity index is 5.14. The number of carbonyl (C=O) groups excluding carboxylic acids is 1. The Bertz CT molecular complexity index is 269. The van der Waals surface area contributed by atoms with Crippen LogP contribution in [0.15, 0.2) is 12.3 Å². The highest BCUT2D eigenvalue weighted by Crippen LogP contribution is 2.26. The van der Waals surface area contributed by atoms with Crippen LogP contribution in [-0.4, -0.2) is 29.7 Å². The molecule has 0 spiro atoms. The molecule has 0 bridgehead atoms. The van der Waals surface area contributed by atoms with Crippen molar-refractivity contribution in [3.8, 4) is 0 Å². The van der Waals surface area contributed by atoms with E-state index >= 15 is 0 Å². The molecular weight excluding hydrogens is 219 g/mol. The Morgan fingerprint density at radius 3 is 2.29 bits per heavy atom. The molecule has 0 fully saturated rings. The van der Waals surface area contributed by atoms with Crippen molar-refractivity contribution < 1.29 is 9.18 Å². The zero-order valence-corrected chi connectivity index (χ0v) is 11.7. The summed E-state index contributed by atoms with van der Waals surface area (Å²) in [5.74, 6) is 0.326. The summed E-state index contributed by atoms with van der Waals surface area (Å²) in [6.07, 6.45) is 4.00. The molecule has 1 atom stereocenters. The van der Waals surface area contributed by atoms with E-state index < -0.39 is 11.7 Å². The highest BCUT2D eigenvalue weighted by atomic mass is 19.1. The molecule has 0 aliphatic heterocycles. The molecule has 2 amide bonds. The Hall–Kier alpha value is -1.06. The first-order chi connectivity index (χ1) is 7.73. The summed E-state index contributed by atoms with van der Waals surface area (Å²) in [6.45, 7) is 8.89. The van der Waals surface area contributed by atoms with Gasteiger partial charge in [0.05, 0.1) is 6.04 Å². The van der Waals surface area contributed by atoms with Crippen LogP contribution in [0.1, 0.15) is 41.0 Å². The fourth-order valence-electron chi connectivity index (χ4n) is 1.77. The van der Waals surface area contributed by atoms with Crippen LogP contribution in [-0.2, 0) is 0 Å². The lowest BCUT2D eigenvalue weighted by atomic mass is 9.91. The molecule has 0 aliphatic rings. The lowest BCUT2D eigenvalue weighted by Crippen LogP contribution is -2.50. The number of amides is 2. The van der Waals surface area contributed by atoms with Gasteiger partial charge in [-0.3, -0.25) is 4.90 Å². The largest absolute Gasteiger partial charge is 0.341 e. The third-order valence-electron chi connectivity index (χ3n) is 2.58. The minimum absolute atomic E-state index is 0.278. The number of rotatable bonds is 5. The van der Waals surface area contributed by atoms with Crippen molar-refractivity contribution in [1.82, 2.24) is 10.2 Å². The molecule has 0 aliphatic carbocycles. The third kappa shape index (κ3) is 5.20. The topological polar surface area (TPSA) is 32.3 Å². The van der Waals surface area contributed by atoms with Gasteiger partial charge in [0.15, 0.2) is 0 Å². The SMILES string of the molecule is C/C=C\N(C(=O)NC)C(CC(C)C)C(C)(C)F. The molecule has 1 N–H and O–H groups in total. The first-order valence-electron chi connectivity index (χ1n) is 6.05. The molecule has 0 radical (unpaired) electrons. The standard InChI is InChI=1S/C13H25FN2O/c1-7-8-16(12(17)15-6)11(9-10(2)3)13(4,5)14/h7-8,10-11H,9H2,1-6H3,(H,15,17)/b8-7-. The van der Waals surface area contributed by atoms with E-state index in [1.807, 2.05) is 20.8 Å². The van der Waals surface area contributed by atoms with E-state index in [9.17, 15) is 9.18 Å². The van der Waals surface area contributed by atoms with Gasteiger partial charge in [0.2, 0.25) is 0 Å². The Morgan fingerprint density at radius 2 is 2.00 bits per heavy atom. The average Bonchev–Trinajstić information content (AvgIpc) is 2.20. The minimum Gasteiger partial charge on any atom is -0.341 e. The van der Waals surface area contributed by atoms with Crippen molar-refractivity contribution >= 4 is 6.03 Å². The second-order valence-electron chi connectivity index (χ2n) is 5.15. The van der Waals surface area contributed by atoms with Gasteiger partial charge in [0.25, 0.3) is 0 Å². The molecule has 0 aromatic heterocycles.